The Kier molecular flexibility index (Phi) is 10.0. The van der Waals surface area contributed by atoms with Gasteiger partial charge in [0.1, 0.15) is 0 Å². The third-order valence-corrected chi connectivity index (χ3v) is 4.50. The second kappa shape index (κ2) is 11.4. The van der Waals surface area contributed by atoms with Crippen molar-refractivity contribution < 1.29 is 14.3 Å². The Balaban J connectivity index is 2.75. The smallest absolute Gasteiger partial charge is 0.258 e. The summed E-state index contributed by atoms with van der Waals surface area (Å²) in [6.07, 6.45) is 4.89. The predicted octanol–water partition coefficient (Wildman–Crippen LogP) is 4.42. The van der Waals surface area contributed by atoms with Crippen LogP contribution in [0.1, 0.15) is 58.9 Å². The van der Waals surface area contributed by atoms with Crippen LogP contribution in [0.3, 0.4) is 0 Å². The first-order chi connectivity index (χ1) is 12.3. The van der Waals surface area contributed by atoms with Crippen LogP contribution in [0.5, 0.6) is 11.5 Å². The second-order valence-electron chi connectivity index (χ2n) is 7.38. The molecule has 0 heterocycles. The Labute approximate surface area is 166 Å². The van der Waals surface area contributed by atoms with Crippen molar-refractivity contribution in [2.24, 2.45) is 0 Å². The summed E-state index contributed by atoms with van der Waals surface area (Å²) in [5.41, 5.74) is 0.674. The van der Waals surface area contributed by atoms with Crippen molar-refractivity contribution in [1.82, 2.24) is 10.6 Å². The van der Waals surface area contributed by atoms with Crippen LogP contribution in [0, 0.1) is 0 Å². The minimum absolute atomic E-state index is 0.0480. The summed E-state index contributed by atoms with van der Waals surface area (Å²) in [4.78, 5) is 12.1. The minimum atomic E-state index is -0.287. The highest BCUT2D eigenvalue weighted by atomic mass is 79.9. The van der Waals surface area contributed by atoms with Crippen LogP contribution in [0.2, 0.25) is 0 Å². The van der Waals surface area contributed by atoms with Crippen LogP contribution >= 0.6 is 15.9 Å². The molecule has 0 aliphatic heterocycles. The zero-order valence-electron chi connectivity index (χ0n) is 16.7. The quantitative estimate of drug-likeness (QED) is 0.512. The number of hydrogen-bond donors (Lipinski definition) is 2. The summed E-state index contributed by atoms with van der Waals surface area (Å²) in [5.74, 6) is 1.07. The zero-order valence-corrected chi connectivity index (χ0v) is 18.3. The van der Waals surface area contributed by atoms with Crippen LogP contribution in [-0.2, 0) is 11.3 Å². The van der Waals surface area contributed by atoms with Crippen molar-refractivity contribution in [2.45, 2.75) is 65.5 Å². The van der Waals surface area contributed by atoms with Crippen LogP contribution in [0.15, 0.2) is 16.6 Å². The van der Waals surface area contributed by atoms with Crippen molar-refractivity contribution >= 4 is 21.8 Å². The van der Waals surface area contributed by atoms with E-state index in [1.54, 1.807) is 7.11 Å². The number of benzene rings is 1. The van der Waals surface area contributed by atoms with Crippen molar-refractivity contribution in [2.75, 3.05) is 20.3 Å². The first-order valence-corrected chi connectivity index (χ1v) is 10.1. The molecule has 0 radical (unpaired) electrons. The number of unbranched alkanes of at least 4 members (excludes halogenated alkanes) is 3. The van der Waals surface area contributed by atoms with Crippen LogP contribution in [0.25, 0.3) is 0 Å². The van der Waals surface area contributed by atoms with E-state index in [1.807, 2.05) is 32.9 Å². The maximum absolute atomic E-state index is 12.1. The number of carbonyl (C=O) groups excluding carboxylic acids is 1. The van der Waals surface area contributed by atoms with Gasteiger partial charge in [-0.3, -0.25) is 4.79 Å². The summed E-state index contributed by atoms with van der Waals surface area (Å²) in [6.45, 7) is 9.59. The average molecular weight is 429 g/mol. The summed E-state index contributed by atoms with van der Waals surface area (Å²) < 4.78 is 12.2. The molecule has 0 aliphatic carbocycles. The molecule has 0 atom stereocenters. The van der Waals surface area contributed by atoms with Gasteiger partial charge in [-0.15, -0.1) is 0 Å². The van der Waals surface area contributed by atoms with E-state index >= 15 is 0 Å². The van der Waals surface area contributed by atoms with E-state index in [-0.39, 0.29) is 18.1 Å². The number of ether oxygens (including phenoxy) is 2. The third kappa shape index (κ3) is 8.41. The SMILES string of the molecule is CCCCCCNCc1c(Br)ccc(OC)c1OCC(=O)NC(C)(C)C. The third-order valence-electron chi connectivity index (χ3n) is 3.76. The summed E-state index contributed by atoms with van der Waals surface area (Å²) >= 11 is 3.58. The highest BCUT2D eigenvalue weighted by molar-refractivity contribution is 9.10. The number of rotatable bonds is 11. The van der Waals surface area contributed by atoms with Crippen molar-refractivity contribution in [3.8, 4) is 11.5 Å². The number of nitrogens with one attached hydrogen (secondary N) is 2. The fourth-order valence-corrected chi connectivity index (χ4v) is 3.00. The molecule has 26 heavy (non-hydrogen) atoms. The molecule has 0 saturated heterocycles. The van der Waals surface area contributed by atoms with Crippen LogP contribution < -0.4 is 20.1 Å². The standard InChI is InChI=1S/C20H33BrN2O3/c1-6-7-8-9-12-22-13-15-16(21)10-11-17(25-5)19(15)26-14-18(24)23-20(2,3)4/h10-11,22H,6-9,12-14H2,1-5H3,(H,23,24). The lowest BCUT2D eigenvalue weighted by Gasteiger charge is -2.21. The molecule has 1 rings (SSSR count). The lowest BCUT2D eigenvalue weighted by molar-refractivity contribution is -0.124. The summed E-state index contributed by atoms with van der Waals surface area (Å²) in [6, 6.07) is 3.78. The normalized spacial score (nSPS) is 11.3. The number of hydrogen-bond acceptors (Lipinski definition) is 4. The Morgan fingerprint density at radius 1 is 1.19 bits per heavy atom. The van der Waals surface area contributed by atoms with E-state index in [4.69, 9.17) is 9.47 Å². The number of carbonyl (C=O) groups is 1. The molecule has 148 valence electrons. The molecule has 6 heteroatoms. The predicted molar refractivity (Wildman–Crippen MR) is 110 cm³/mol. The molecule has 0 unspecified atom stereocenters. The molecule has 0 aromatic heterocycles. The van der Waals surface area contributed by atoms with Gasteiger partial charge >= 0.3 is 0 Å². The van der Waals surface area contributed by atoms with Gasteiger partial charge in [0, 0.05) is 22.1 Å². The molecule has 2 N–H and O–H groups in total. The van der Waals surface area contributed by atoms with E-state index < -0.39 is 0 Å². The molecule has 1 amide bonds. The van der Waals surface area contributed by atoms with Gasteiger partial charge in [0.05, 0.1) is 7.11 Å². The van der Waals surface area contributed by atoms with Gasteiger partial charge < -0.3 is 20.1 Å². The highest BCUT2D eigenvalue weighted by Gasteiger charge is 2.18. The highest BCUT2D eigenvalue weighted by Crippen LogP contribution is 2.36. The number of halogens is 1. The van der Waals surface area contributed by atoms with Gasteiger partial charge in [-0.05, 0) is 45.9 Å². The lowest BCUT2D eigenvalue weighted by Crippen LogP contribution is -2.43. The largest absolute Gasteiger partial charge is 0.493 e. The van der Waals surface area contributed by atoms with Gasteiger partial charge in [-0.2, -0.15) is 0 Å². The first-order valence-electron chi connectivity index (χ1n) is 9.28. The summed E-state index contributed by atoms with van der Waals surface area (Å²) in [5, 5.41) is 6.35. The van der Waals surface area contributed by atoms with Gasteiger partial charge in [0.25, 0.3) is 5.91 Å². The minimum Gasteiger partial charge on any atom is -0.493 e. The maximum Gasteiger partial charge on any atom is 0.258 e. The van der Waals surface area contributed by atoms with E-state index in [1.165, 1.54) is 19.3 Å². The molecule has 0 bridgehead atoms. The Morgan fingerprint density at radius 2 is 1.92 bits per heavy atom. The Hall–Kier alpha value is -1.27. The van der Waals surface area contributed by atoms with Crippen LogP contribution in [-0.4, -0.2) is 31.7 Å². The van der Waals surface area contributed by atoms with Gasteiger partial charge in [-0.1, -0.05) is 42.1 Å². The second-order valence-corrected chi connectivity index (χ2v) is 8.24. The average Bonchev–Trinajstić information content (AvgIpc) is 2.56. The molecule has 1 aromatic carbocycles. The first kappa shape index (κ1) is 22.8. The molecule has 0 saturated carbocycles. The van der Waals surface area contributed by atoms with Crippen molar-refractivity contribution in [3.05, 3.63) is 22.2 Å². The Bertz CT molecular complexity index is 571. The molecular formula is C20H33BrN2O3. The molecule has 0 aliphatic rings. The van der Waals surface area contributed by atoms with E-state index in [9.17, 15) is 4.79 Å². The number of methoxy groups -OCH3 is 1. The van der Waals surface area contributed by atoms with Crippen molar-refractivity contribution in [1.29, 1.82) is 0 Å². The van der Waals surface area contributed by atoms with E-state index in [2.05, 4.69) is 33.5 Å². The molecule has 5 nitrogen and oxygen atoms in total. The number of amides is 1. The van der Waals surface area contributed by atoms with Gasteiger partial charge in [0.2, 0.25) is 0 Å². The Morgan fingerprint density at radius 3 is 2.54 bits per heavy atom. The molecule has 0 spiro atoms. The van der Waals surface area contributed by atoms with E-state index in [0.29, 0.717) is 18.0 Å². The lowest BCUT2D eigenvalue weighted by atomic mass is 10.1. The molecule has 1 aromatic rings. The van der Waals surface area contributed by atoms with Gasteiger partial charge in [0.15, 0.2) is 18.1 Å². The molecule has 0 fully saturated rings. The maximum atomic E-state index is 12.1. The molecular weight excluding hydrogens is 396 g/mol. The topological polar surface area (TPSA) is 59.6 Å². The monoisotopic (exact) mass is 428 g/mol. The van der Waals surface area contributed by atoms with Gasteiger partial charge in [-0.25, -0.2) is 0 Å². The summed E-state index contributed by atoms with van der Waals surface area (Å²) in [7, 11) is 1.60. The fourth-order valence-electron chi connectivity index (χ4n) is 2.55. The fraction of sp³-hybridized carbons (Fsp3) is 0.650. The van der Waals surface area contributed by atoms with Crippen molar-refractivity contribution in [3.63, 3.8) is 0 Å². The van der Waals surface area contributed by atoms with Crippen LogP contribution in [0.4, 0.5) is 0 Å². The van der Waals surface area contributed by atoms with E-state index in [0.717, 1.165) is 23.0 Å². The zero-order chi connectivity index (χ0) is 19.6.